The molecule has 5 heteroatoms. The van der Waals surface area contributed by atoms with Crippen molar-refractivity contribution < 1.29 is 9.18 Å². The Balaban J connectivity index is 1.79. The van der Waals surface area contributed by atoms with Crippen LogP contribution in [0.2, 0.25) is 0 Å². The van der Waals surface area contributed by atoms with Crippen LogP contribution >= 0.6 is 0 Å². The van der Waals surface area contributed by atoms with Gasteiger partial charge >= 0.3 is 0 Å². The molecule has 4 nitrogen and oxygen atoms in total. The minimum Gasteiger partial charge on any atom is -0.308 e. The molecule has 2 aromatic rings. The highest BCUT2D eigenvalue weighted by Gasteiger charge is 2.19. The Kier molecular flexibility index (Phi) is 3.55. The van der Waals surface area contributed by atoms with Crippen molar-refractivity contribution in [3.05, 3.63) is 71.4 Å². The molecular weight excluding hydrogens is 269 g/mol. The molecule has 1 amide bonds. The van der Waals surface area contributed by atoms with E-state index < -0.39 is 0 Å². The summed E-state index contributed by atoms with van der Waals surface area (Å²) in [7, 11) is 0. The first-order chi connectivity index (χ1) is 10.2. The number of halogens is 1. The predicted octanol–water partition coefficient (Wildman–Crippen LogP) is 2.33. The van der Waals surface area contributed by atoms with Gasteiger partial charge in [-0.25, -0.2) is 9.38 Å². The molecule has 104 valence electrons. The third-order valence-electron chi connectivity index (χ3n) is 3.02. The van der Waals surface area contributed by atoms with Gasteiger partial charge in [0.2, 0.25) is 0 Å². The van der Waals surface area contributed by atoms with Crippen LogP contribution in [0.15, 0.2) is 59.5 Å². The maximum Gasteiger partial charge on any atom is 0.275 e. The first-order valence-corrected chi connectivity index (χ1v) is 6.46. The molecule has 0 spiro atoms. The highest BCUT2D eigenvalue weighted by Crippen LogP contribution is 2.13. The number of hydrogen-bond acceptors (Lipinski definition) is 3. The summed E-state index contributed by atoms with van der Waals surface area (Å²) < 4.78 is 12.9. The van der Waals surface area contributed by atoms with Crippen molar-refractivity contribution in [1.29, 1.82) is 0 Å². The summed E-state index contributed by atoms with van der Waals surface area (Å²) in [6, 6.07) is 9.76. The van der Waals surface area contributed by atoms with Gasteiger partial charge in [0, 0.05) is 18.8 Å². The van der Waals surface area contributed by atoms with Gasteiger partial charge in [-0.15, -0.1) is 0 Å². The molecule has 0 bridgehead atoms. The van der Waals surface area contributed by atoms with E-state index in [2.05, 4.69) is 15.3 Å². The first kappa shape index (κ1) is 13.2. The number of amides is 1. The van der Waals surface area contributed by atoms with Crippen LogP contribution < -0.4 is 5.32 Å². The van der Waals surface area contributed by atoms with Crippen LogP contribution in [0, 0.1) is 5.82 Å². The van der Waals surface area contributed by atoms with Crippen LogP contribution in [0.5, 0.6) is 0 Å². The lowest BCUT2D eigenvalue weighted by molar-refractivity contribution is -0.115. The number of nitrogens with one attached hydrogen (secondary N) is 1. The zero-order valence-corrected chi connectivity index (χ0v) is 11.1. The summed E-state index contributed by atoms with van der Waals surface area (Å²) in [6.07, 6.45) is 5.46. The fourth-order valence-corrected chi connectivity index (χ4v) is 2.02. The summed E-state index contributed by atoms with van der Waals surface area (Å²) in [5.41, 5.74) is 2.05. The van der Waals surface area contributed by atoms with Crippen LogP contribution in [0.4, 0.5) is 4.39 Å². The van der Waals surface area contributed by atoms with Crippen molar-refractivity contribution in [2.45, 2.75) is 6.42 Å². The highest BCUT2D eigenvalue weighted by atomic mass is 19.1. The van der Waals surface area contributed by atoms with Crippen molar-refractivity contribution in [3.8, 4) is 0 Å². The average molecular weight is 281 g/mol. The molecule has 1 aliphatic heterocycles. The number of pyridine rings is 1. The molecule has 1 aromatic heterocycles. The number of benzene rings is 1. The van der Waals surface area contributed by atoms with Gasteiger partial charge in [-0.05, 0) is 35.4 Å². The number of aliphatic imine (C=N–C) groups is 1. The van der Waals surface area contributed by atoms with E-state index in [9.17, 15) is 9.18 Å². The lowest BCUT2D eigenvalue weighted by Gasteiger charge is -2.00. The second-order valence-corrected chi connectivity index (χ2v) is 4.63. The smallest absolute Gasteiger partial charge is 0.275 e. The van der Waals surface area contributed by atoms with Gasteiger partial charge in [-0.1, -0.05) is 18.2 Å². The second kappa shape index (κ2) is 5.66. The Morgan fingerprint density at radius 2 is 2.00 bits per heavy atom. The molecule has 0 fully saturated rings. The van der Waals surface area contributed by atoms with Crippen LogP contribution in [-0.2, 0) is 11.2 Å². The van der Waals surface area contributed by atoms with Gasteiger partial charge in [0.1, 0.15) is 17.3 Å². The van der Waals surface area contributed by atoms with E-state index in [-0.39, 0.29) is 11.7 Å². The van der Waals surface area contributed by atoms with Gasteiger partial charge in [0.05, 0.1) is 0 Å². The summed E-state index contributed by atoms with van der Waals surface area (Å²) in [5.74, 6) is 0.0334. The predicted molar refractivity (Wildman–Crippen MR) is 77.9 cm³/mol. The molecule has 1 aliphatic rings. The zero-order valence-electron chi connectivity index (χ0n) is 11.1. The van der Waals surface area contributed by atoms with E-state index in [1.807, 2.05) is 6.07 Å². The number of carbonyl (C=O) groups is 1. The first-order valence-electron chi connectivity index (χ1n) is 6.46. The lowest BCUT2D eigenvalue weighted by atomic mass is 10.1. The number of aromatic nitrogens is 1. The van der Waals surface area contributed by atoms with Gasteiger partial charge in [0.25, 0.3) is 5.91 Å². The quantitative estimate of drug-likeness (QED) is 0.878. The van der Waals surface area contributed by atoms with Gasteiger partial charge in [-0.3, -0.25) is 9.78 Å². The zero-order chi connectivity index (χ0) is 14.7. The molecule has 0 saturated carbocycles. The van der Waals surface area contributed by atoms with E-state index in [0.717, 1.165) is 11.1 Å². The average Bonchev–Trinajstić information content (AvgIpc) is 2.82. The van der Waals surface area contributed by atoms with E-state index in [4.69, 9.17) is 0 Å². The molecule has 1 aromatic carbocycles. The maximum absolute atomic E-state index is 12.9. The minimum atomic E-state index is -0.284. The van der Waals surface area contributed by atoms with Crippen LogP contribution in [0.25, 0.3) is 6.08 Å². The lowest BCUT2D eigenvalue weighted by Crippen LogP contribution is -2.25. The maximum atomic E-state index is 12.9. The van der Waals surface area contributed by atoms with Crippen molar-refractivity contribution in [3.63, 3.8) is 0 Å². The minimum absolute atomic E-state index is 0.240. The molecule has 2 heterocycles. The Bertz CT molecular complexity index is 721. The Labute approximate surface area is 121 Å². The molecule has 0 aliphatic carbocycles. The fourth-order valence-electron chi connectivity index (χ4n) is 2.02. The Morgan fingerprint density at radius 1 is 1.19 bits per heavy atom. The topological polar surface area (TPSA) is 54.4 Å². The molecule has 0 unspecified atom stereocenters. The van der Waals surface area contributed by atoms with Crippen molar-refractivity contribution in [2.24, 2.45) is 4.99 Å². The van der Waals surface area contributed by atoms with Gasteiger partial charge < -0.3 is 5.32 Å². The molecule has 0 atom stereocenters. The monoisotopic (exact) mass is 281 g/mol. The highest BCUT2D eigenvalue weighted by molar-refractivity contribution is 6.14. The summed E-state index contributed by atoms with van der Waals surface area (Å²) in [4.78, 5) is 20.1. The number of rotatable bonds is 3. The molecule has 3 rings (SSSR count). The van der Waals surface area contributed by atoms with E-state index in [0.29, 0.717) is 18.0 Å². The van der Waals surface area contributed by atoms with E-state index >= 15 is 0 Å². The summed E-state index contributed by atoms with van der Waals surface area (Å²) in [6.45, 7) is 0. The molecule has 1 N–H and O–H groups in total. The molecule has 0 radical (unpaired) electrons. The number of carbonyl (C=O) groups excluding carboxylic acids is 1. The third-order valence-corrected chi connectivity index (χ3v) is 3.02. The second-order valence-electron chi connectivity index (χ2n) is 4.63. The molecule has 21 heavy (non-hydrogen) atoms. The molecule has 0 saturated heterocycles. The van der Waals surface area contributed by atoms with Gasteiger partial charge in [-0.2, -0.15) is 0 Å². The summed E-state index contributed by atoms with van der Waals surface area (Å²) >= 11 is 0. The third kappa shape index (κ3) is 3.20. The largest absolute Gasteiger partial charge is 0.308 e. The normalized spacial score (nSPS) is 16.0. The van der Waals surface area contributed by atoms with Gasteiger partial charge in [0.15, 0.2) is 0 Å². The SMILES string of the molecule is O=C1NC(Cc2ccc(F)cc2)=N/C1=C/c1cccnc1. The number of amidine groups is 1. The molecular formula is C16H12FN3O. The van der Waals surface area contributed by atoms with Crippen molar-refractivity contribution >= 4 is 17.8 Å². The Morgan fingerprint density at radius 3 is 2.71 bits per heavy atom. The fraction of sp³-hybridized carbons (Fsp3) is 0.0625. The number of nitrogens with zero attached hydrogens (tertiary/aromatic N) is 2. The van der Waals surface area contributed by atoms with Crippen molar-refractivity contribution in [2.75, 3.05) is 0 Å². The van der Waals surface area contributed by atoms with Crippen molar-refractivity contribution in [1.82, 2.24) is 10.3 Å². The van der Waals surface area contributed by atoms with Crippen LogP contribution in [0.1, 0.15) is 11.1 Å². The standard InChI is InChI=1S/C16H12FN3O/c17-13-5-3-11(4-6-13)9-15-19-14(16(21)20-15)8-12-2-1-7-18-10-12/h1-8,10H,9H2,(H,19,20,21)/b14-8+. The number of hydrogen-bond donors (Lipinski definition) is 1. The van der Waals surface area contributed by atoms with E-state index in [1.54, 1.807) is 36.7 Å². The van der Waals surface area contributed by atoms with E-state index in [1.165, 1.54) is 12.1 Å². The van der Waals surface area contributed by atoms with Crippen LogP contribution in [-0.4, -0.2) is 16.7 Å². The summed E-state index contributed by atoms with van der Waals surface area (Å²) in [5, 5.41) is 2.72. The Hall–Kier alpha value is -2.82. The van der Waals surface area contributed by atoms with Crippen LogP contribution in [0.3, 0.4) is 0 Å².